The average molecular weight is 1120 g/mol. The van der Waals surface area contributed by atoms with Crippen molar-refractivity contribution in [2.75, 3.05) is 49.7 Å². The highest BCUT2D eigenvalue weighted by molar-refractivity contribution is 7.47. The Balaban J connectivity index is 0.970. The zero-order chi connectivity index (χ0) is 55.0. The lowest BCUT2D eigenvalue weighted by molar-refractivity contribution is -0.181. The average Bonchev–Trinajstić information content (AvgIpc) is 4.29. The molecule has 32 heteroatoms. The third kappa shape index (κ3) is 14.8. The molecule has 77 heavy (non-hydrogen) atoms. The van der Waals surface area contributed by atoms with Crippen molar-refractivity contribution in [3.05, 3.63) is 101 Å². The fraction of sp³-hybridized carbons (Fsp3) is 0.467. The van der Waals surface area contributed by atoms with E-state index in [0.29, 0.717) is 42.5 Å². The van der Waals surface area contributed by atoms with Crippen LogP contribution in [0, 0.1) is 5.82 Å². The molecule has 0 radical (unpaired) electrons. The van der Waals surface area contributed by atoms with Gasteiger partial charge in [0.25, 0.3) is 0 Å². The molecule has 3 aliphatic rings. The number of nitrogens with two attached hydrogens (primary N) is 2. The van der Waals surface area contributed by atoms with Crippen LogP contribution in [-0.4, -0.2) is 148 Å². The minimum absolute atomic E-state index is 0.0100. The number of benzene rings is 2. The maximum Gasteiger partial charge on any atom is 0.472 e. The molecule has 0 aliphatic carbocycles. The van der Waals surface area contributed by atoms with Gasteiger partial charge in [-0.25, -0.2) is 38.1 Å². The molecule has 9 N–H and O–H groups in total. The highest BCUT2D eigenvalue weighted by Crippen LogP contribution is 2.51. The summed E-state index contributed by atoms with van der Waals surface area (Å²) in [5.41, 5.74) is 12.5. The second-order valence-electron chi connectivity index (χ2n) is 17.7. The number of halogens is 1. The molecule has 3 fully saturated rings. The number of hydrogen-bond acceptors (Lipinski definition) is 22. The Labute approximate surface area is 436 Å². The Hall–Kier alpha value is -6.37. The van der Waals surface area contributed by atoms with E-state index in [1.807, 2.05) is 6.92 Å². The van der Waals surface area contributed by atoms with E-state index in [2.05, 4.69) is 25.3 Å². The number of anilines is 3. The van der Waals surface area contributed by atoms with Crippen molar-refractivity contribution in [1.82, 2.24) is 34.0 Å². The van der Waals surface area contributed by atoms with Crippen molar-refractivity contribution < 1.29 is 89.7 Å². The molecule has 0 saturated carbocycles. The van der Waals surface area contributed by atoms with Crippen molar-refractivity contribution in [1.29, 1.82) is 0 Å². The Bertz CT molecular complexity index is 3020. The summed E-state index contributed by atoms with van der Waals surface area (Å²) in [6, 6.07) is 13.2. The molecule has 3 aromatic heterocycles. The first-order valence-electron chi connectivity index (χ1n) is 23.9. The number of rotatable bonds is 23. The number of nitrogens with zero attached hydrogens (tertiary/aromatic N) is 7. The molecule has 3 aliphatic heterocycles. The number of phosphoric acid groups is 2. The van der Waals surface area contributed by atoms with Gasteiger partial charge < -0.3 is 65.0 Å². The van der Waals surface area contributed by atoms with E-state index >= 15 is 0 Å². The van der Waals surface area contributed by atoms with Crippen LogP contribution < -0.4 is 22.5 Å². The van der Waals surface area contributed by atoms with Gasteiger partial charge in [0, 0.05) is 31.5 Å². The van der Waals surface area contributed by atoms with Crippen LogP contribution in [0.3, 0.4) is 0 Å². The quantitative estimate of drug-likeness (QED) is 0.0364. The zero-order valence-electron chi connectivity index (χ0n) is 40.9. The standard InChI is InChI=1S/C45H55FN10O19P2/c1-2-3-15-54(45(61)68-20-26-8-12-28(13-9-26)52-32(57)18-25-6-10-27(46)11-7-25)19-33(58)73-37-29(71-42(36(37)59)56-24-51-35-40(48)49-23-50-41(35)56)22-70-77(65,66)75-38-30(21-69-76(62,63)64)72-43(39(38)74-34-5-4-17-67-34)55-16-14-31(47)53-44(55)60/h6-14,16,23-24,29-30,34,36-39,42-43,59H,2-5,15,17-22H2,1H3,(H,52,57)(H,65,66)(H2,47,53,60)(H2,48,49,50)(H2,62,63,64)/t29-,30-,34?,36-,37-,38-,39-,42-,43-/m1/s1. The number of ether oxygens (including phenoxy) is 6. The number of nitrogen functional groups attached to an aromatic ring is 2. The van der Waals surface area contributed by atoms with E-state index < -0.39 is 114 Å². The van der Waals surface area contributed by atoms with Crippen molar-refractivity contribution in [3.8, 4) is 0 Å². The van der Waals surface area contributed by atoms with Gasteiger partial charge in [-0.2, -0.15) is 4.98 Å². The van der Waals surface area contributed by atoms with Gasteiger partial charge in [0.1, 0.15) is 67.2 Å². The van der Waals surface area contributed by atoms with E-state index in [1.54, 1.807) is 24.3 Å². The number of amides is 2. The van der Waals surface area contributed by atoms with Crippen LogP contribution in [0.4, 0.5) is 26.5 Å². The third-order valence-corrected chi connectivity index (χ3v) is 13.6. The number of aliphatic hydroxyl groups is 1. The summed E-state index contributed by atoms with van der Waals surface area (Å²) in [4.78, 5) is 101. The number of aliphatic hydroxyl groups excluding tert-OH is 1. The summed E-state index contributed by atoms with van der Waals surface area (Å²) in [5, 5.41) is 14.6. The normalized spacial score (nSPS) is 24.2. The molecule has 2 unspecified atom stereocenters. The number of unbranched alkanes of at least 4 members (excludes halogenated alkanes) is 1. The summed E-state index contributed by atoms with van der Waals surface area (Å²) in [6.07, 6.45) is -9.59. The highest BCUT2D eigenvalue weighted by Gasteiger charge is 2.54. The minimum Gasteiger partial charge on any atom is -0.455 e. The monoisotopic (exact) mass is 1120 g/mol. The Morgan fingerprint density at radius 3 is 2.32 bits per heavy atom. The molecule has 2 amide bonds. The first-order valence-corrected chi connectivity index (χ1v) is 26.9. The minimum atomic E-state index is -5.46. The molecule has 10 atom stereocenters. The number of imidazole rings is 1. The second kappa shape index (κ2) is 25.0. The van der Waals surface area contributed by atoms with E-state index in [-0.39, 0.29) is 54.9 Å². The van der Waals surface area contributed by atoms with E-state index in [4.69, 9.17) is 53.5 Å². The van der Waals surface area contributed by atoms with Gasteiger partial charge in [0.2, 0.25) is 5.91 Å². The fourth-order valence-electron chi connectivity index (χ4n) is 8.44. The van der Waals surface area contributed by atoms with Crippen molar-refractivity contribution in [2.45, 2.75) is 101 Å². The number of phosphoric ester groups is 2. The predicted molar refractivity (Wildman–Crippen MR) is 261 cm³/mol. The first kappa shape index (κ1) is 56.8. The number of carbonyl (C=O) groups excluding carboxylic acids is 3. The Kier molecular flexibility index (Phi) is 18.4. The predicted octanol–water partition coefficient (Wildman–Crippen LogP) is 2.21. The van der Waals surface area contributed by atoms with Gasteiger partial charge in [-0.3, -0.25) is 37.2 Å². The van der Waals surface area contributed by atoms with Crippen molar-refractivity contribution >= 4 is 62.1 Å². The van der Waals surface area contributed by atoms with Gasteiger partial charge in [-0.1, -0.05) is 37.6 Å². The number of hydrogen-bond donors (Lipinski definition) is 7. The number of fused-ring (bicyclic) bond motifs is 1. The van der Waals surface area contributed by atoms with Gasteiger partial charge in [-0.15, -0.1) is 0 Å². The molecule has 0 spiro atoms. The van der Waals surface area contributed by atoms with E-state index in [9.17, 15) is 52.5 Å². The third-order valence-electron chi connectivity index (χ3n) is 12.1. The number of nitrogens with one attached hydrogen (secondary N) is 1. The largest absolute Gasteiger partial charge is 0.472 e. The summed E-state index contributed by atoms with van der Waals surface area (Å²) in [7, 11) is -10.7. The Morgan fingerprint density at radius 1 is 0.909 bits per heavy atom. The molecule has 29 nitrogen and oxygen atoms in total. The van der Waals surface area contributed by atoms with Gasteiger partial charge in [0.05, 0.1) is 26.0 Å². The van der Waals surface area contributed by atoms with Gasteiger partial charge >= 0.3 is 33.4 Å². The number of aromatic nitrogens is 6. The van der Waals surface area contributed by atoms with Gasteiger partial charge in [-0.05, 0) is 54.3 Å². The summed E-state index contributed by atoms with van der Waals surface area (Å²) in [6.45, 7) is -0.747. The summed E-state index contributed by atoms with van der Waals surface area (Å²) in [5.74, 6) is -2.02. The van der Waals surface area contributed by atoms with Crippen LogP contribution in [0.25, 0.3) is 11.2 Å². The Morgan fingerprint density at radius 2 is 1.62 bits per heavy atom. The lowest BCUT2D eigenvalue weighted by Gasteiger charge is -2.29. The lowest BCUT2D eigenvalue weighted by atomic mass is 10.1. The molecular weight excluding hydrogens is 1070 g/mol. The van der Waals surface area contributed by atoms with Crippen LogP contribution in [0.15, 0.2) is 78.2 Å². The second-order valence-corrected chi connectivity index (χ2v) is 20.4. The van der Waals surface area contributed by atoms with Crippen molar-refractivity contribution in [3.63, 3.8) is 0 Å². The SMILES string of the molecule is CCCCN(CC(=O)O[C@H]1[C@@H](O)[C@H](n2cnc3c(N)ncnc32)O[C@@H]1COP(=O)(O)O[C@H]1[C@@H](OC2CCCO2)[C@H](n2ccc(N)nc2=O)O[C@@H]1COP(=O)(O)O)C(=O)OCc1ccc(NC(=O)Cc2ccc(F)cc2)cc1. The molecular formula is C45H55FN10O19P2. The summed E-state index contributed by atoms with van der Waals surface area (Å²) < 4.78 is 92.3. The van der Waals surface area contributed by atoms with Crippen LogP contribution in [-0.2, 0) is 73.7 Å². The topological polar surface area (TPSA) is 395 Å². The van der Waals surface area contributed by atoms with E-state index in [0.717, 1.165) is 15.8 Å². The molecule has 5 aromatic rings. The zero-order valence-corrected chi connectivity index (χ0v) is 42.7. The molecule has 8 rings (SSSR count). The molecule has 2 aromatic carbocycles. The molecule has 3 saturated heterocycles. The van der Waals surface area contributed by atoms with Crippen LogP contribution in [0.2, 0.25) is 0 Å². The number of esters is 1. The molecule has 416 valence electrons. The highest BCUT2D eigenvalue weighted by atomic mass is 31.2. The van der Waals surface area contributed by atoms with E-state index in [1.165, 1.54) is 47.4 Å². The smallest absolute Gasteiger partial charge is 0.455 e. The maximum atomic E-state index is 14.1. The molecule has 6 heterocycles. The van der Waals surface area contributed by atoms with Crippen LogP contribution >= 0.6 is 15.6 Å². The fourth-order valence-corrected chi connectivity index (χ4v) is 9.74. The summed E-state index contributed by atoms with van der Waals surface area (Å²) >= 11 is 0. The van der Waals surface area contributed by atoms with Crippen molar-refractivity contribution in [2.24, 2.45) is 0 Å². The number of carbonyl (C=O) groups is 3. The van der Waals surface area contributed by atoms with Crippen LogP contribution in [0.1, 0.15) is 56.2 Å². The maximum absolute atomic E-state index is 14.1. The lowest BCUT2D eigenvalue weighted by Crippen LogP contribution is -2.43. The first-order chi connectivity index (χ1) is 36.7. The van der Waals surface area contributed by atoms with Crippen LogP contribution in [0.5, 0.6) is 0 Å². The molecule has 0 bridgehead atoms. The van der Waals surface area contributed by atoms with Gasteiger partial charge in [0.15, 0.2) is 36.3 Å².